The van der Waals surface area contributed by atoms with Crippen LogP contribution in [0, 0.1) is 0 Å². The molecular weight excluding hydrogens is 997 g/mol. The molecule has 6 atom stereocenters. The van der Waals surface area contributed by atoms with Gasteiger partial charge in [0.2, 0.25) is 0 Å². The van der Waals surface area contributed by atoms with Crippen molar-refractivity contribution in [1.29, 1.82) is 0 Å². The topological polar surface area (TPSA) is 224 Å². The number of benzene rings is 6. The molecule has 6 aromatic rings. The van der Waals surface area contributed by atoms with E-state index in [9.17, 15) is 0 Å². The lowest BCUT2D eigenvalue weighted by atomic mass is 9.79. The lowest BCUT2D eigenvalue weighted by molar-refractivity contribution is 0.0234. The Balaban J connectivity index is 0.894. The fraction of sp³-hybridized carbons (Fsp3) is 0.300. The van der Waals surface area contributed by atoms with Gasteiger partial charge in [0, 0.05) is 99.1 Å². The molecule has 2 unspecified atom stereocenters. The molecule has 24 heterocycles. The maximum atomic E-state index is 15.1. The molecule has 24 aliphatic heterocycles. The third-order valence-corrected chi connectivity index (χ3v) is 18.9. The van der Waals surface area contributed by atoms with Crippen molar-refractivity contribution in [2.24, 2.45) is 0 Å². The maximum Gasteiger partial charge on any atom is 0.261 e. The number of carbonyl (C=O) groups is 12. The normalized spacial score (nSPS) is 26.0. The zero-order valence-electron chi connectivity index (χ0n) is 41.5. The van der Waals surface area contributed by atoms with E-state index in [1.807, 2.05) is 0 Å². The molecule has 6 aromatic carbocycles. The molecule has 3 aliphatic carbocycles. The Bertz CT molecular complexity index is 3250. The van der Waals surface area contributed by atoms with Crippen LogP contribution >= 0.6 is 0 Å². The highest BCUT2D eigenvalue weighted by Gasteiger charge is 2.54. The molecule has 12 amide bonds. The summed E-state index contributed by atoms with van der Waals surface area (Å²) in [6.07, 6.45) is 4.74. The lowest BCUT2D eigenvalue weighted by Gasteiger charge is -2.47. The molecular formula is C60H42N6O12. The molecule has 0 aromatic heterocycles. The molecule has 0 saturated heterocycles. The number of hydrogen-bond acceptors (Lipinski definition) is 12. The van der Waals surface area contributed by atoms with E-state index in [1.165, 1.54) is 72.8 Å². The summed E-state index contributed by atoms with van der Waals surface area (Å²) in [4.78, 5) is 187. The number of amides is 12. The second kappa shape index (κ2) is 15.3. The number of carbonyl (C=O) groups excluding carboxylic acids is 12. The van der Waals surface area contributed by atoms with E-state index in [1.54, 1.807) is 0 Å². The molecule has 3 saturated carbocycles. The van der Waals surface area contributed by atoms with Crippen LogP contribution in [-0.2, 0) is 0 Å². The minimum atomic E-state index is -0.999. The highest BCUT2D eigenvalue weighted by Crippen LogP contribution is 2.48. The Hall–Kier alpha value is -9.06. The van der Waals surface area contributed by atoms with Gasteiger partial charge >= 0.3 is 0 Å². The first-order valence-electron chi connectivity index (χ1n) is 26.8. The van der Waals surface area contributed by atoms with Gasteiger partial charge in [-0.1, -0.05) is 38.5 Å². The Labute approximate surface area is 441 Å². The first-order chi connectivity index (χ1) is 37.8. The fourth-order valence-electron chi connectivity index (χ4n) is 15.6. The van der Waals surface area contributed by atoms with Gasteiger partial charge in [-0.05, 0) is 111 Å². The van der Waals surface area contributed by atoms with Crippen molar-refractivity contribution >= 4 is 103 Å². The van der Waals surface area contributed by atoms with Crippen LogP contribution in [0.1, 0.15) is 201 Å². The summed E-state index contributed by atoms with van der Waals surface area (Å²) in [5, 5.41) is 0.685. The van der Waals surface area contributed by atoms with Gasteiger partial charge in [-0.2, -0.15) is 0 Å². The summed E-state index contributed by atoms with van der Waals surface area (Å²) >= 11 is 0. The van der Waals surface area contributed by atoms with Crippen molar-refractivity contribution in [2.75, 3.05) is 0 Å². The SMILES string of the molecule is O=C1c2ccc3c4c5ccc(c24)C(=O)N1C1CCCC[C@@H]1N1C(=O)c2ccc4c6c(ccc(c26)C1=O)C(=O)N(C4=O)[C@H]1CCCC[C@@H]1N1C(=O)c2ccc4c6c(ccc(c26)C1=O)C(=O)N(C4=O)C1CCCC[C@@H]1N(C3=O)C5=O. The molecule has 0 N–H and O–H groups in total. The van der Waals surface area contributed by atoms with Crippen LogP contribution in [0.3, 0.4) is 0 Å². The van der Waals surface area contributed by atoms with Crippen LogP contribution in [0.25, 0.3) is 32.3 Å². The average Bonchev–Trinajstić information content (AvgIpc) is 3.48. The summed E-state index contributed by atoms with van der Waals surface area (Å²) in [5.74, 6) is -8.74. The summed E-state index contributed by atoms with van der Waals surface area (Å²) in [6, 6.07) is 11.3. The molecule has 0 spiro atoms. The van der Waals surface area contributed by atoms with Crippen LogP contribution in [0.15, 0.2) is 72.8 Å². The van der Waals surface area contributed by atoms with Gasteiger partial charge in [0.25, 0.3) is 70.9 Å². The minimum Gasteiger partial charge on any atom is -0.269 e. The van der Waals surface area contributed by atoms with Gasteiger partial charge in [0.05, 0.1) is 36.3 Å². The predicted octanol–water partition coefficient (Wildman–Crippen LogP) is 7.07. The Morgan fingerprint density at radius 1 is 0.192 bits per heavy atom. The van der Waals surface area contributed by atoms with Gasteiger partial charge in [-0.15, -0.1) is 0 Å². The molecule has 27 aliphatic rings. The minimum absolute atomic E-state index is 0.0436. The molecule has 78 heavy (non-hydrogen) atoms. The first kappa shape index (κ1) is 45.2. The average molecular weight is 1040 g/mol. The molecule has 18 heteroatoms. The third kappa shape index (κ3) is 5.32. The number of nitrogens with zero attached hydrogens (tertiary/aromatic N) is 6. The second-order valence-electron chi connectivity index (χ2n) is 22.4. The van der Waals surface area contributed by atoms with E-state index in [2.05, 4.69) is 0 Å². The van der Waals surface area contributed by atoms with Crippen molar-refractivity contribution in [3.8, 4) is 0 Å². The molecule has 18 nitrogen and oxygen atoms in total. The number of rotatable bonds is 0. The van der Waals surface area contributed by atoms with E-state index >= 15 is 57.5 Å². The molecule has 0 radical (unpaired) electrons. The molecule has 3 fully saturated rings. The number of imide groups is 6. The van der Waals surface area contributed by atoms with E-state index in [0.29, 0.717) is 38.5 Å². The lowest BCUT2D eigenvalue weighted by Crippen LogP contribution is -2.62. The largest absolute Gasteiger partial charge is 0.269 e. The quantitative estimate of drug-likeness (QED) is 0.139. The van der Waals surface area contributed by atoms with Gasteiger partial charge in [0.15, 0.2) is 0 Å². The second-order valence-corrected chi connectivity index (χ2v) is 22.4. The van der Waals surface area contributed by atoms with Crippen molar-refractivity contribution in [2.45, 2.75) is 113 Å². The smallest absolute Gasteiger partial charge is 0.261 e. The zero-order chi connectivity index (χ0) is 53.2. The van der Waals surface area contributed by atoms with Crippen LogP contribution < -0.4 is 0 Å². The van der Waals surface area contributed by atoms with Gasteiger partial charge in [-0.25, -0.2) is 0 Å². The Morgan fingerprint density at radius 2 is 0.295 bits per heavy atom. The standard InChI is InChI=1S/C60H42N6O12/c67-49-25-13-15-29-45-30-16-14-26(43(25)45)50(68)61(49)37-7-1-2-8-38(37)62-51(69)27-17-19-31-46-32(20-18-28(44(27)46)52(62)70)56(74)64(55(31)73)41-11-5-6-12-42(41)66-59(77)35-23-21-33-47-34(22-24-36(48(35)47)60(66)78)58(76)65(57(33)75)40-10-4-3-9-39(40)63(53(29)71)54(30)72/h13-24,37-42H,1-12H2/t37-,38-,39-,40?,41?,42-/m0/s1. The Morgan fingerprint density at radius 3 is 0.397 bits per heavy atom. The van der Waals surface area contributed by atoms with Crippen LogP contribution in [0.5, 0.6) is 0 Å². The zero-order valence-corrected chi connectivity index (χ0v) is 41.5. The van der Waals surface area contributed by atoms with Crippen molar-refractivity contribution in [3.05, 3.63) is 140 Å². The highest BCUT2D eigenvalue weighted by atomic mass is 16.2. The van der Waals surface area contributed by atoms with Crippen LogP contribution in [-0.4, -0.2) is 137 Å². The third-order valence-electron chi connectivity index (χ3n) is 18.9. The van der Waals surface area contributed by atoms with Crippen LogP contribution in [0.4, 0.5) is 0 Å². The monoisotopic (exact) mass is 1040 g/mol. The van der Waals surface area contributed by atoms with E-state index in [-0.39, 0.29) is 138 Å². The fourth-order valence-corrected chi connectivity index (χ4v) is 15.6. The number of hydrogen-bond donors (Lipinski definition) is 0. The van der Waals surface area contributed by atoms with E-state index < -0.39 is 107 Å². The summed E-state index contributed by atoms with van der Waals surface area (Å²) in [5.41, 5.74) is 0.523. The van der Waals surface area contributed by atoms with Crippen molar-refractivity contribution in [1.82, 2.24) is 29.4 Å². The van der Waals surface area contributed by atoms with Crippen LogP contribution in [0.2, 0.25) is 0 Å². The summed E-state index contributed by atoms with van der Waals surface area (Å²) in [7, 11) is 0. The van der Waals surface area contributed by atoms with E-state index in [0.717, 1.165) is 29.4 Å². The predicted molar refractivity (Wildman–Crippen MR) is 273 cm³/mol. The summed E-state index contributed by atoms with van der Waals surface area (Å²) in [6.45, 7) is 0. The van der Waals surface area contributed by atoms with E-state index in [4.69, 9.17) is 0 Å². The molecule has 33 rings (SSSR count). The van der Waals surface area contributed by atoms with Gasteiger partial charge < -0.3 is 0 Å². The first-order valence-corrected chi connectivity index (χ1v) is 26.8. The van der Waals surface area contributed by atoms with Gasteiger partial charge in [-0.3, -0.25) is 86.9 Å². The van der Waals surface area contributed by atoms with Crippen molar-refractivity contribution in [3.63, 3.8) is 0 Å². The molecule has 384 valence electrons. The Kier molecular flexibility index (Phi) is 8.87. The summed E-state index contributed by atoms with van der Waals surface area (Å²) < 4.78 is 0. The van der Waals surface area contributed by atoms with Gasteiger partial charge in [0.1, 0.15) is 0 Å². The maximum absolute atomic E-state index is 15.1. The highest BCUT2D eigenvalue weighted by molar-refractivity contribution is 6.37. The molecule has 24 bridgehead atoms. The van der Waals surface area contributed by atoms with Crippen molar-refractivity contribution < 1.29 is 57.5 Å².